The molecule has 11 heteroatoms. The summed E-state index contributed by atoms with van der Waals surface area (Å²) in [5.74, 6) is -0.194. The number of methoxy groups -OCH3 is 1. The number of fused-ring (bicyclic) bond motifs is 3. The molecule has 0 saturated carbocycles. The van der Waals surface area contributed by atoms with Crippen molar-refractivity contribution in [2.75, 3.05) is 59.5 Å². The van der Waals surface area contributed by atoms with E-state index in [4.69, 9.17) is 4.74 Å². The van der Waals surface area contributed by atoms with Gasteiger partial charge in [0.15, 0.2) is 0 Å². The first kappa shape index (κ1) is 31.0. The van der Waals surface area contributed by atoms with Crippen LogP contribution in [-0.2, 0) is 9.53 Å². The van der Waals surface area contributed by atoms with Crippen LogP contribution < -0.4 is 10.9 Å². The predicted octanol–water partition coefficient (Wildman–Crippen LogP) is 2.54. The quantitative estimate of drug-likeness (QED) is 0.476. The summed E-state index contributed by atoms with van der Waals surface area (Å²) < 4.78 is 6.80. The van der Waals surface area contributed by atoms with E-state index in [9.17, 15) is 19.2 Å². The van der Waals surface area contributed by atoms with Crippen LogP contribution in [0.2, 0.25) is 0 Å². The van der Waals surface area contributed by atoms with Gasteiger partial charge in [-0.1, -0.05) is 18.2 Å². The van der Waals surface area contributed by atoms with Gasteiger partial charge in [0, 0.05) is 83.4 Å². The fraction of sp³-hybridized carbons (Fsp3) is 0.625. The first-order valence-electron chi connectivity index (χ1n) is 15.7. The fourth-order valence-electron chi connectivity index (χ4n) is 7.19. The molecule has 0 radical (unpaired) electrons. The molecule has 3 aliphatic heterocycles. The van der Waals surface area contributed by atoms with E-state index in [-0.39, 0.29) is 41.1 Å². The van der Waals surface area contributed by atoms with Crippen molar-refractivity contribution in [3.05, 3.63) is 46.2 Å². The molecule has 3 fully saturated rings. The summed E-state index contributed by atoms with van der Waals surface area (Å²) >= 11 is 0. The Labute approximate surface area is 253 Å². The smallest absolute Gasteiger partial charge is 0.409 e. The lowest BCUT2D eigenvalue weighted by molar-refractivity contribution is -0.130. The average molecular weight is 595 g/mol. The largest absolute Gasteiger partial charge is 0.453 e. The summed E-state index contributed by atoms with van der Waals surface area (Å²) in [6, 6.07) is 10.0. The molecular weight excluding hydrogens is 548 g/mol. The summed E-state index contributed by atoms with van der Waals surface area (Å²) in [6.45, 7) is 11.2. The number of carbonyl (C=O) groups excluding carboxylic acids is 3. The number of piperazine rings is 1. The van der Waals surface area contributed by atoms with Crippen LogP contribution in [0.4, 0.5) is 4.79 Å². The number of ether oxygens (including phenoxy) is 1. The molecule has 43 heavy (non-hydrogen) atoms. The zero-order valence-corrected chi connectivity index (χ0v) is 26.0. The van der Waals surface area contributed by atoms with Crippen molar-refractivity contribution in [1.29, 1.82) is 0 Å². The van der Waals surface area contributed by atoms with Crippen molar-refractivity contribution >= 4 is 28.8 Å². The standard InChI is InChI=1S/C32H46N6O5/c1-22(2)38-29-8-6-5-7-24(29)19-28(31(38)41)30(40)33-25-20-26-9-10-27(21-25)37(26)18-17-36(32(42)43-4)16-13-34-11-14-35(15-12-34)23(3)39/h5-8,19,22,25-27H,9-18,20-21H2,1-4H3,(H,33,40)/t25?,26-,27+. The molecule has 1 unspecified atom stereocenters. The Kier molecular flexibility index (Phi) is 9.71. The Morgan fingerprint density at radius 2 is 1.65 bits per heavy atom. The molecule has 0 aliphatic carbocycles. The third-order valence-electron chi connectivity index (χ3n) is 9.49. The molecule has 4 heterocycles. The highest BCUT2D eigenvalue weighted by molar-refractivity contribution is 5.97. The number of carbonyl (C=O) groups is 3. The summed E-state index contributed by atoms with van der Waals surface area (Å²) in [7, 11) is 1.42. The molecule has 11 nitrogen and oxygen atoms in total. The molecule has 3 aliphatic rings. The second-order valence-corrected chi connectivity index (χ2v) is 12.5. The topological polar surface area (TPSA) is 107 Å². The number of aromatic nitrogens is 1. The molecule has 2 aromatic rings. The van der Waals surface area contributed by atoms with E-state index in [1.807, 2.05) is 43.0 Å². The summed E-state index contributed by atoms with van der Waals surface area (Å²) in [5.41, 5.74) is 0.774. The SMILES string of the molecule is COC(=O)N(CCN1CCN(C(C)=O)CC1)CCN1[C@@H]2CC[C@H]1CC(NC(=O)c1cc3ccccc3n(C(C)C)c1=O)C2. The second-order valence-electron chi connectivity index (χ2n) is 12.5. The molecular formula is C32H46N6O5. The highest BCUT2D eigenvalue weighted by Crippen LogP contribution is 2.35. The molecule has 3 amide bonds. The molecule has 3 saturated heterocycles. The highest BCUT2D eigenvalue weighted by Gasteiger charge is 2.41. The molecule has 5 rings (SSSR count). The maximum Gasteiger partial charge on any atom is 0.409 e. The lowest BCUT2D eigenvalue weighted by atomic mass is 9.96. The maximum atomic E-state index is 13.4. The van der Waals surface area contributed by atoms with E-state index in [0.29, 0.717) is 25.2 Å². The Morgan fingerprint density at radius 1 is 1.00 bits per heavy atom. The fourth-order valence-corrected chi connectivity index (χ4v) is 7.19. The van der Waals surface area contributed by atoms with Crippen LogP contribution in [0, 0.1) is 0 Å². The second kappa shape index (κ2) is 13.5. The summed E-state index contributed by atoms with van der Waals surface area (Å²) in [5, 5.41) is 4.07. The van der Waals surface area contributed by atoms with Gasteiger partial charge in [-0.05, 0) is 57.0 Å². The Morgan fingerprint density at radius 3 is 2.28 bits per heavy atom. The van der Waals surface area contributed by atoms with E-state index in [0.717, 1.165) is 75.9 Å². The minimum Gasteiger partial charge on any atom is -0.453 e. The van der Waals surface area contributed by atoms with Gasteiger partial charge in [-0.15, -0.1) is 0 Å². The first-order valence-corrected chi connectivity index (χ1v) is 15.7. The van der Waals surface area contributed by atoms with Crippen LogP contribution >= 0.6 is 0 Å². The van der Waals surface area contributed by atoms with Crippen molar-refractivity contribution in [3.63, 3.8) is 0 Å². The Balaban J connectivity index is 1.17. The van der Waals surface area contributed by atoms with Crippen molar-refractivity contribution in [3.8, 4) is 0 Å². The average Bonchev–Trinajstić information content (AvgIpc) is 3.23. The number of hydrogen-bond acceptors (Lipinski definition) is 7. The van der Waals surface area contributed by atoms with E-state index in [1.54, 1.807) is 22.5 Å². The highest BCUT2D eigenvalue weighted by atomic mass is 16.5. The number of para-hydroxylation sites is 1. The summed E-state index contributed by atoms with van der Waals surface area (Å²) in [6.07, 6.45) is 3.46. The van der Waals surface area contributed by atoms with E-state index in [2.05, 4.69) is 15.1 Å². The van der Waals surface area contributed by atoms with Crippen molar-refractivity contribution in [1.82, 2.24) is 29.5 Å². The molecule has 1 aromatic carbocycles. The summed E-state index contributed by atoms with van der Waals surface area (Å²) in [4.78, 5) is 59.4. The van der Waals surface area contributed by atoms with Gasteiger partial charge in [-0.2, -0.15) is 0 Å². The van der Waals surface area contributed by atoms with Gasteiger partial charge in [-0.25, -0.2) is 4.79 Å². The number of pyridine rings is 1. The number of benzene rings is 1. The van der Waals surface area contributed by atoms with Crippen LogP contribution in [0.3, 0.4) is 0 Å². The third-order valence-corrected chi connectivity index (χ3v) is 9.49. The van der Waals surface area contributed by atoms with Gasteiger partial charge in [-0.3, -0.25) is 24.2 Å². The van der Waals surface area contributed by atoms with Crippen molar-refractivity contribution in [2.24, 2.45) is 0 Å². The normalized spacial score (nSPS) is 22.6. The van der Waals surface area contributed by atoms with Gasteiger partial charge in [0.25, 0.3) is 11.5 Å². The van der Waals surface area contributed by atoms with Crippen LogP contribution in [0.1, 0.15) is 62.9 Å². The van der Waals surface area contributed by atoms with Gasteiger partial charge >= 0.3 is 6.09 Å². The number of amides is 3. The van der Waals surface area contributed by atoms with E-state index in [1.165, 1.54) is 7.11 Å². The molecule has 0 spiro atoms. The van der Waals surface area contributed by atoms with E-state index < -0.39 is 0 Å². The lowest BCUT2D eigenvalue weighted by Crippen LogP contribution is -2.53. The first-order chi connectivity index (χ1) is 20.7. The minimum absolute atomic E-state index is 0.00463. The number of piperidine rings is 1. The molecule has 3 atom stereocenters. The zero-order valence-electron chi connectivity index (χ0n) is 26.0. The van der Waals surface area contributed by atoms with Crippen LogP contribution in [-0.4, -0.2) is 120 Å². The number of nitrogens with zero attached hydrogens (tertiary/aromatic N) is 5. The Hall–Kier alpha value is -3.44. The lowest BCUT2D eigenvalue weighted by Gasteiger charge is -2.40. The number of nitrogens with one attached hydrogen (secondary N) is 1. The van der Waals surface area contributed by atoms with Crippen LogP contribution in [0.25, 0.3) is 10.9 Å². The monoisotopic (exact) mass is 594 g/mol. The molecule has 234 valence electrons. The third kappa shape index (κ3) is 6.88. The van der Waals surface area contributed by atoms with Gasteiger partial charge in [0.1, 0.15) is 5.56 Å². The number of hydrogen-bond donors (Lipinski definition) is 1. The maximum absolute atomic E-state index is 13.4. The van der Waals surface area contributed by atoms with Gasteiger partial charge in [0.05, 0.1) is 12.6 Å². The van der Waals surface area contributed by atoms with Crippen LogP contribution in [0.15, 0.2) is 35.1 Å². The Bertz CT molecular complexity index is 1370. The van der Waals surface area contributed by atoms with Gasteiger partial charge < -0.3 is 24.4 Å². The van der Waals surface area contributed by atoms with E-state index >= 15 is 0 Å². The zero-order chi connectivity index (χ0) is 30.7. The molecule has 2 bridgehead atoms. The molecule has 1 N–H and O–H groups in total. The minimum atomic E-state index is -0.320. The number of rotatable bonds is 9. The van der Waals surface area contributed by atoms with Crippen molar-refractivity contribution < 1.29 is 19.1 Å². The molecule has 1 aromatic heterocycles. The van der Waals surface area contributed by atoms with Gasteiger partial charge in [0.2, 0.25) is 5.91 Å². The predicted molar refractivity (Wildman–Crippen MR) is 165 cm³/mol. The van der Waals surface area contributed by atoms with Crippen LogP contribution in [0.5, 0.6) is 0 Å². The van der Waals surface area contributed by atoms with Crippen molar-refractivity contribution in [2.45, 2.75) is 70.6 Å².